The van der Waals surface area contributed by atoms with E-state index in [9.17, 15) is 0 Å². The number of hydrogen-bond donors (Lipinski definition) is 1. The van der Waals surface area contributed by atoms with Crippen LogP contribution in [0.3, 0.4) is 0 Å². The average Bonchev–Trinajstić information content (AvgIpc) is 2.28. The average molecular weight is 303 g/mol. The van der Waals surface area contributed by atoms with Gasteiger partial charge in [0, 0.05) is 10.7 Å². The van der Waals surface area contributed by atoms with Crippen molar-refractivity contribution < 1.29 is 4.74 Å². The Morgan fingerprint density at radius 1 is 1.00 bits per heavy atom. The molecule has 0 saturated heterocycles. The van der Waals surface area contributed by atoms with E-state index in [1.165, 1.54) is 0 Å². The van der Waals surface area contributed by atoms with Crippen LogP contribution in [-0.4, -0.2) is 0 Å². The second-order valence-electron chi connectivity index (χ2n) is 3.83. The molecule has 0 fully saturated rings. The van der Waals surface area contributed by atoms with Crippen molar-refractivity contribution in [1.82, 2.24) is 0 Å². The van der Waals surface area contributed by atoms with Crippen LogP contribution in [0.2, 0.25) is 15.1 Å². The third-order valence-electron chi connectivity index (χ3n) is 2.38. The van der Waals surface area contributed by atoms with Crippen LogP contribution in [0.5, 0.6) is 11.5 Å². The summed E-state index contributed by atoms with van der Waals surface area (Å²) in [6, 6.07) is 8.53. The molecule has 2 aromatic carbocycles. The fourth-order valence-electron chi connectivity index (χ4n) is 1.47. The van der Waals surface area contributed by atoms with Gasteiger partial charge < -0.3 is 10.5 Å². The number of hydrogen-bond acceptors (Lipinski definition) is 2. The van der Waals surface area contributed by atoms with Crippen LogP contribution in [0.25, 0.3) is 0 Å². The van der Waals surface area contributed by atoms with Gasteiger partial charge in [-0.1, -0.05) is 40.9 Å². The van der Waals surface area contributed by atoms with Crippen molar-refractivity contribution in [3.05, 3.63) is 51.0 Å². The SMILES string of the molecule is Cc1ccc(Cl)cc1Oc1c(Cl)cc(N)cc1Cl. The van der Waals surface area contributed by atoms with Gasteiger partial charge in [0.2, 0.25) is 0 Å². The van der Waals surface area contributed by atoms with Gasteiger partial charge in [-0.3, -0.25) is 0 Å². The Labute approximate surface area is 120 Å². The van der Waals surface area contributed by atoms with E-state index in [1.807, 2.05) is 13.0 Å². The third-order valence-corrected chi connectivity index (χ3v) is 3.18. The maximum absolute atomic E-state index is 6.05. The summed E-state index contributed by atoms with van der Waals surface area (Å²) in [4.78, 5) is 0. The van der Waals surface area contributed by atoms with Gasteiger partial charge in [0.1, 0.15) is 5.75 Å². The summed E-state index contributed by atoms with van der Waals surface area (Å²) < 4.78 is 5.70. The number of aryl methyl sites for hydroxylation is 1. The topological polar surface area (TPSA) is 35.2 Å². The van der Waals surface area contributed by atoms with E-state index in [0.717, 1.165) is 5.56 Å². The number of benzene rings is 2. The first-order valence-electron chi connectivity index (χ1n) is 5.16. The monoisotopic (exact) mass is 301 g/mol. The highest BCUT2D eigenvalue weighted by Crippen LogP contribution is 2.39. The highest BCUT2D eigenvalue weighted by molar-refractivity contribution is 6.37. The molecule has 0 spiro atoms. The molecule has 0 aliphatic carbocycles. The van der Waals surface area contributed by atoms with E-state index in [-0.39, 0.29) is 0 Å². The van der Waals surface area contributed by atoms with E-state index in [4.69, 9.17) is 45.3 Å². The molecule has 2 nitrogen and oxygen atoms in total. The van der Waals surface area contributed by atoms with Crippen molar-refractivity contribution in [2.24, 2.45) is 0 Å². The molecule has 2 rings (SSSR count). The zero-order valence-electron chi connectivity index (χ0n) is 9.51. The maximum Gasteiger partial charge on any atom is 0.164 e. The molecule has 18 heavy (non-hydrogen) atoms. The molecular weight excluding hydrogens is 293 g/mol. The van der Waals surface area contributed by atoms with Gasteiger partial charge >= 0.3 is 0 Å². The second kappa shape index (κ2) is 5.27. The Morgan fingerprint density at radius 2 is 1.61 bits per heavy atom. The minimum atomic E-state index is 0.361. The minimum absolute atomic E-state index is 0.361. The third kappa shape index (κ3) is 2.83. The van der Waals surface area contributed by atoms with Gasteiger partial charge in [0.25, 0.3) is 0 Å². The molecule has 0 amide bonds. The fourth-order valence-corrected chi connectivity index (χ4v) is 2.21. The summed E-state index contributed by atoms with van der Waals surface area (Å²) in [5.74, 6) is 0.981. The predicted molar refractivity (Wildman–Crippen MR) is 77.1 cm³/mol. The zero-order chi connectivity index (χ0) is 13.3. The Bertz CT molecular complexity index is 576. The highest BCUT2D eigenvalue weighted by atomic mass is 35.5. The largest absolute Gasteiger partial charge is 0.454 e. The summed E-state index contributed by atoms with van der Waals surface area (Å²) in [6.45, 7) is 1.91. The molecule has 0 radical (unpaired) electrons. The molecule has 94 valence electrons. The first-order valence-corrected chi connectivity index (χ1v) is 6.29. The van der Waals surface area contributed by atoms with Crippen LogP contribution < -0.4 is 10.5 Å². The summed E-state index contributed by atoms with van der Waals surface area (Å²) in [7, 11) is 0. The summed E-state index contributed by atoms with van der Waals surface area (Å²) in [5.41, 5.74) is 7.05. The lowest BCUT2D eigenvalue weighted by Gasteiger charge is -2.12. The normalized spacial score (nSPS) is 10.4. The maximum atomic E-state index is 6.05. The number of rotatable bonds is 2. The number of ether oxygens (including phenoxy) is 1. The first-order chi connectivity index (χ1) is 8.47. The lowest BCUT2D eigenvalue weighted by atomic mass is 10.2. The van der Waals surface area contributed by atoms with Crippen molar-refractivity contribution in [3.8, 4) is 11.5 Å². The van der Waals surface area contributed by atoms with Gasteiger partial charge in [-0.15, -0.1) is 0 Å². The molecule has 5 heteroatoms. The van der Waals surface area contributed by atoms with E-state index in [1.54, 1.807) is 24.3 Å². The van der Waals surface area contributed by atoms with Crippen molar-refractivity contribution in [1.29, 1.82) is 0 Å². The molecule has 0 unspecified atom stereocenters. The number of nitrogens with two attached hydrogens (primary N) is 1. The van der Waals surface area contributed by atoms with E-state index in [0.29, 0.717) is 32.3 Å². The fraction of sp³-hybridized carbons (Fsp3) is 0.0769. The molecular formula is C13H10Cl3NO. The molecule has 2 N–H and O–H groups in total. The Hall–Kier alpha value is -1.09. The number of halogens is 3. The molecule has 0 bridgehead atoms. The highest BCUT2D eigenvalue weighted by Gasteiger charge is 2.11. The molecule has 0 heterocycles. The van der Waals surface area contributed by atoms with Gasteiger partial charge in [-0.25, -0.2) is 0 Å². The first kappa shape index (κ1) is 13.3. The summed E-state index contributed by atoms with van der Waals surface area (Å²) in [6.07, 6.45) is 0. The van der Waals surface area contributed by atoms with Crippen LogP contribution in [0.15, 0.2) is 30.3 Å². The number of anilines is 1. The summed E-state index contributed by atoms with van der Waals surface area (Å²) >= 11 is 18.0. The van der Waals surface area contributed by atoms with Crippen molar-refractivity contribution in [2.45, 2.75) is 6.92 Å². The quantitative estimate of drug-likeness (QED) is 0.761. The zero-order valence-corrected chi connectivity index (χ0v) is 11.8. The van der Waals surface area contributed by atoms with Gasteiger partial charge in [0.05, 0.1) is 10.0 Å². The van der Waals surface area contributed by atoms with Crippen LogP contribution in [0.4, 0.5) is 5.69 Å². The lowest BCUT2D eigenvalue weighted by molar-refractivity contribution is 0.479. The summed E-state index contributed by atoms with van der Waals surface area (Å²) in [5, 5.41) is 1.30. The van der Waals surface area contributed by atoms with Crippen molar-refractivity contribution in [2.75, 3.05) is 5.73 Å². The van der Waals surface area contributed by atoms with Crippen molar-refractivity contribution in [3.63, 3.8) is 0 Å². The second-order valence-corrected chi connectivity index (χ2v) is 5.08. The molecule has 2 aromatic rings. The van der Waals surface area contributed by atoms with Crippen LogP contribution in [-0.2, 0) is 0 Å². The smallest absolute Gasteiger partial charge is 0.164 e. The molecule has 0 aliphatic heterocycles. The Kier molecular flexibility index (Phi) is 3.91. The van der Waals surface area contributed by atoms with Crippen LogP contribution in [0.1, 0.15) is 5.56 Å². The lowest BCUT2D eigenvalue weighted by Crippen LogP contribution is -1.92. The molecule has 0 saturated carbocycles. The molecule has 0 aliphatic rings. The van der Waals surface area contributed by atoms with Crippen LogP contribution >= 0.6 is 34.8 Å². The van der Waals surface area contributed by atoms with E-state index in [2.05, 4.69) is 0 Å². The van der Waals surface area contributed by atoms with Gasteiger partial charge in [0.15, 0.2) is 5.75 Å². The standard InChI is InChI=1S/C13H10Cl3NO/c1-7-2-3-8(14)4-12(7)18-13-10(15)5-9(17)6-11(13)16/h2-6H,17H2,1H3. The van der Waals surface area contributed by atoms with E-state index < -0.39 is 0 Å². The van der Waals surface area contributed by atoms with Gasteiger partial charge in [-0.2, -0.15) is 0 Å². The molecule has 0 atom stereocenters. The van der Waals surface area contributed by atoms with E-state index >= 15 is 0 Å². The molecule has 0 aromatic heterocycles. The van der Waals surface area contributed by atoms with Crippen LogP contribution in [0, 0.1) is 6.92 Å². The van der Waals surface area contributed by atoms with Crippen molar-refractivity contribution >= 4 is 40.5 Å². The Balaban J connectivity index is 2.43. The Morgan fingerprint density at radius 3 is 2.22 bits per heavy atom. The number of nitrogen functional groups attached to an aromatic ring is 1. The predicted octanol–water partition coefficient (Wildman–Crippen LogP) is 5.33. The minimum Gasteiger partial charge on any atom is -0.454 e. The van der Waals surface area contributed by atoms with Gasteiger partial charge in [-0.05, 0) is 36.8 Å².